The van der Waals surface area contributed by atoms with Crippen LogP contribution in [0.15, 0.2) is 48.5 Å². The average Bonchev–Trinajstić information content (AvgIpc) is 2.45. The van der Waals surface area contributed by atoms with Crippen LogP contribution in [0.3, 0.4) is 0 Å². The molecule has 0 saturated heterocycles. The Morgan fingerprint density at radius 1 is 1.00 bits per heavy atom. The maximum absolute atomic E-state index is 5.73. The summed E-state index contributed by atoms with van der Waals surface area (Å²) in [7, 11) is 0. The topological polar surface area (TPSA) is 26.0 Å². The molecule has 96 valence electrons. The number of anilines is 1. The first-order valence-corrected chi connectivity index (χ1v) is 6.66. The van der Waals surface area contributed by atoms with Gasteiger partial charge in [0, 0.05) is 16.8 Å². The molecule has 0 bridgehead atoms. The van der Waals surface area contributed by atoms with Gasteiger partial charge in [-0.05, 0) is 48.2 Å². The molecule has 2 aromatic rings. The number of benzene rings is 2. The number of hydrogen-bond acceptors (Lipinski definition) is 1. The molecule has 0 aliphatic carbocycles. The monoisotopic (exact) mass is 249 g/mol. The predicted octanol–water partition coefficient (Wildman–Crippen LogP) is 4.18. The maximum atomic E-state index is 5.73. The van der Waals surface area contributed by atoms with Gasteiger partial charge in [-0.25, -0.2) is 0 Å². The Morgan fingerprint density at radius 2 is 1.68 bits per heavy atom. The fourth-order valence-corrected chi connectivity index (χ4v) is 1.89. The van der Waals surface area contributed by atoms with E-state index in [9.17, 15) is 0 Å². The van der Waals surface area contributed by atoms with Gasteiger partial charge in [0.2, 0.25) is 0 Å². The van der Waals surface area contributed by atoms with Crippen molar-refractivity contribution in [2.75, 3.05) is 5.73 Å². The molecular weight excluding hydrogens is 230 g/mol. The van der Waals surface area contributed by atoms with Gasteiger partial charge in [0.25, 0.3) is 0 Å². The van der Waals surface area contributed by atoms with E-state index in [-0.39, 0.29) is 0 Å². The molecule has 0 aliphatic heterocycles. The van der Waals surface area contributed by atoms with Gasteiger partial charge < -0.3 is 5.73 Å². The van der Waals surface area contributed by atoms with Crippen molar-refractivity contribution >= 4 is 5.69 Å². The van der Waals surface area contributed by atoms with Gasteiger partial charge in [0.15, 0.2) is 0 Å². The van der Waals surface area contributed by atoms with Gasteiger partial charge in [-0.2, -0.15) is 0 Å². The predicted molar refractivity (Wildman–Crippen MR) is 82.0 cm³/mol. The summed E-state index contributed by atoms with van der Waals surface area (Å²) in [5, 5.41) is 0. The lowest BCUT2D eigenvalue weighted by Crippen LogP contribution is -1.90. The van der Waals surface area contributed by atoms with Crippen molar-refractivity contribution in [3.05, 3.63) is 65.2 Å². The molecule has 2 N–H and O–H groups in total. The van der Waals surface area contributed by atoms with E-state index in [4.69, 9.17) is 5.73 Å². The largest absolute Gasteiger partial charge is 0.399 e. The molecular formula is C18H19N. The highest BCUT2D eigenvalue weighted by Gasteiger charge is 2.01. The molecule has 0 amide bonds. The highest BCUT2D eigenvalue weighted by Crippen LogP contribution is 2.18. The van der Waals surface area contributed by atoms with Gasteiger partial charge in [-0.1, -0.05) is 43.9 Å². The van der Waals surface area contributed by atoms with Crippen molar-refractivity contribution < 1.29 is 0 Å². The molecule has 0 heterocycles. The third-order valence-electron chi connectivity index (χ3n) is 3.33. The summed E-state index contributed by atoms with van der Waals surface area (Å²) < 4.78 is 0. The molecule has 1 unspecified atom stereocenters. The van der Waals surface area contributed by atoms with Gasteiger partial charge >= 0.3 is 0 Å². The van der Waals surface area contributed by atoms with Gasteiger partial charge in [0.1, 0.15) is 0 Å². The Balaban J connectivity index is 2.16. The number of rotatable bonds is 2. The van der Waals surface area contributed by atoms with Crippen LogP contribution in [0.2, 0.25) is 0 Å². The van der Waals surface area contributed by atoms with E-state index in [1.165, 1.54) is 5.56 Å². The van der Waals surface area contributed by atoms with E-state index >= 15 is 0 Å². The lowest BCUT2D eigenvalue weighted by atomic mass is 9.98. The summed E-state index contributed by atoms with van der Waals surface area (Å²) in [6.07, 6.45) is 1.16. The molecule has 0 aromatic heterocycles. The third kappa shape index (κ3) is 3.63. The van der Waals surface area contributed by atoms with Crippen molar-refractivity contribution in [2.24, 2.45) is 0 Å². The third-order valence-corrected chi connectivity index (χ3v) is 3.33. The van der Waals surface area contributed by atoms with Crippen LogP contribution in [-0.2, 0) is 0 Å². The zero-order valence-electron chi connectivity index (χ0n) is 11.5. The Kier molecular flexibility index (Phi) is 4.26. The van der Waals surface area contributed by atoms with Gasteiger partial charge in [-0.15, -0.1) is 0 Å². The summed E-state index contributed by atoms with van der Waals surface area (Å²) in [6, 6.07) is 16.1. The van der Waals surface area contributed by atoms with Crippen LogP contribution in [0, 0.1) is 11.8 Å². The van der Waals surface area contributed by atoms with Crippen molar-refractivity contribution in [3.8, 4) is 11.8 Å². The van der Waals surface area contributed by atoms with E-state index in [0.29, 0.717) is 5.92 Å². The molecule has 0 radical (unpaired) electrons. The second-order valence-electron chi connectivity index (χ2n) is 4.81. The van der Waals surface area contributed by atoms with Crippen LogP contribution in [0.25, 0.3) is 0 Å². The van der Waals surface area contributed by atoms with Crippen LogP contribution in [0.5, 0.6) is 0 Å². The lowest BCUT2D eigenvalue weighted by Gasteiger charge is -2.07. The molecule has 1 nitrogen and oxygen atoms in total. The summed E-state index contributed by atoms with van der Waals surface area (Å²) in [4.78, 5) is 0. The molecule has 0 aliphatic rings. The lowest BCUT2D eigenvalue weighted by molar-refractivity contribution is 0.733. The van der Waals surface area contributed by atoms with Gasteiger partial charge in [-0.3, -0.25) is 0 Å². The Morgan fingerprint density at radius 3 is 2.32 bits per heavy atom. The number of nitrogens with two attached hydrogens (primary N) is 1. The van der Waals surface area contributed by atoms with E-state index in [0.717, 1.165) is 23.2 Å². The first kappa shape index (κ1) is 13.2. The van der Waals surface area contributed by atoms with E-state index < -0.39 is 0 Å². The van der Waals surface area contributed by atoms with Crippen LogP contribution < -0.4 is 5.73 Å². The van der Waals surface area contributed by atoms with Crippen molar-refractivity contribution in [3.63, 3.8) is 0 Å². The molecule has 19 heavy (non-hydrogen) atoms. The van der Waals surface area contributed by atoms with Crippen molar-refractivity contribution in [2.45, 2.75) is 26.2 Å². The zero-order valence-corrected chi connectivity index (χ0v) is 11.5. The molecule has 0 spiro atoms. The quantitative estimate of drug-likeness (QED) is 0.627. The van der Waals surface area contributed by atoms with Crippen LogP contribution in [0.4, 0.5) is 5.69 Å². The summed E-state index contributed by atoms with van der Waals surface area (Å²) in [5.41, 5.74) is 9.84. The van der Waals surface area contributed by atoms with E-state index in [1.807, 2.05) is 24.3 Å². The molecule has 0 saturated carbocycles. The second-order valence-corrected chi connectivity index (χ2v) is 4.81. The van der Waals surface area contributed by atoms with Crippen molar-refractivity contribution in [1.82, 2.24) is 0 Å². The van der Waals surface area contributed by atoms with E-state index in [1.54, 1.807) is 0 Å². The Hall–Kier alpha value is -2.20. The van der Waals surface area contributed by atoms with E-state index in [2.05, 4.69) is 50.0 Å². The fourth-order valence-electron chi connectivity index (χ4n) is 1.89. The number of hydrogen-bond donors (Lipinski definition) is 1. The highest BCUT2D eigenvalue weighted by atomic mass is 14.5. The second kappa shape index (κ2) is 6.11. The fraction of sp³-hybridized carbons (Fsp3) is 0.222. The zero-order chi connectivity index (χ0) is 13.7. The molecule has 1 heteroatoms. The molecule has 1 atom stereocenters. The minimum atomic E-state index is 0.607. The minimum absolute atomic E-state index is 0.607. The summed E-state index contributed by atoms with van der Waals surface area (Å²) >= 11 is 0. The van der Waals surface area contributed by atoms with Crippen LogP contribution in [-0.4, -0.2) is 0 Å². The van der Waals surface area contributed by atoms with Crippen LogP contribution >= 0.6 is 0 Å². The summed E-state index contributed by atoms with van der Waals surface area (Å²) in [5.74, 6) is 6.91. The Bertz CT molecular complexity index is 600. The highest BCUT2D eigenvalue weighted by molar-refractivity contribution is 5.49. The normalized spacial score (nSPS) is 11.5. The first-order chi connectivity index (χ1) is 9.19. The van der Waals surface area contributed by atoms with Crippen LogP contribution in [0.1, 0.15) is 42.9 Å². The first-order valence-electron chi connectivity index (χ1n) is 6.66. The Labute approximate surface area is 115 Å². The minimum Gasteiger partial charge on any atom is -0.399 e. The average molecular weight is 249 g/mol. The van der Waals surface area contributed by atoms with Crippen molar-refractivity contribution in [1.29, 1.82) is 0 Å². The molecule has 0 fully saturated rings. The maximum Gasteiger partial charge on any atom is 0.0326 e. The number of nitrogen functional groups attached to an aromatic ring is 1. The standard InChI is InChI=1S/C18H19N/c1-3-14(2)17-11-9-15(10-12-17)7-8-16-5-4-6-18(19)13-16/h4-6,9-14H,3,19H2,1-2H3. The molecule has 2 aromatic carbocycles. The van der Waals surface area contributed by atoms with Gasteiger partial charge in [0.05, 0.1) is 0 Å². The SMILES string of the molecule is CCC(C)c1ccc(C#Cc2cccc(N)c2)cc1. The smallest absolute Gasteiger partial charge is 0.0326 e. The summed E-state index contributed by atoms with van der Waals surface area (Å²) in [6.45, 7) is 4.45. The molecule has 2 rings (SSSR count).